The van der Waals surface area contributed by atoms with E-state index in [4.69, 9.17) is 4.74 Å². The largest absolute Gasteiger partial charge is 0.456 e. The predicted molar refractivity (Wildman–Crippen MR) is 107 cm³/mol. The summed E-state index contributed by atoms with van der Waals surface area (Å²) < 4.78 is 5.06. The number of rotatable bonds is 6. The van der Waals surface area contributed by atoms with E-state index in [-0.39, 0.29) is 17.6 Å². The van der Waals surface area contributed by atoms with Crippen LogP contribution in [0.25, 0.3) is 0 Å². The lowest BCUT2D eigenvalue weighted by molar-refractivity contribution is -0.144. The number of esters is 1. The van der Waals surface area contributed by atoms with Crippen molar-refractivity contribution in [1.29, 1.82) is 0 Å². The third kappa shape index (κ3) is 4.51. The van der Waals surface area contributed by atoms with Crippen LogP contribution in [0.3, 0.4) is 0 Å². The number of hydrogen-bond donors (Lipinski definition) is 2. The Labute approximate surface area is 168 Å². The predicted octanol–water partition coefficient (Wildman–Crippen LogP) is 2.60. The monoisotopic (exact) mass is 394 g/mol. The standard InChI is InChI=1S/C22H22N2O5/c1-12-5-4-6-16(9-12)21(27)23-14(3)22(28)29-11-19(25)15-7-8-18-17(10-15)13(2)20(26)24-18/h4-10,13-14H,11H2,1-3H3,(H,23,27)(H,24,26)/t13-,14+/m1/s1. The first kappa shape index (κ1) is 20.3. The van der Waals surface area contributed by atoms with Crippen molar-refractivity contribution in [3.05, 3.63) is 64.7 Å². The van der Waals surface area contributed by atoms with Gasteiger partial charge in [0.05, 0.1) is 5.92 Å². The first-order valence-electron chi connectivity index (χ1n) is 9.28. The summed E-state index contributed by atoms with van der Waals surface area (Å²) in [4.78, 5) is 48.5. The molecule has 0 fully saturated rings. The summed E-state index contributed by atoms with van der Waals surface area (Å²) in [6.45, 7) is 4.67. The van der Waals surface area contributed by atoms with Gasteiger partial charge in [-0.05, 0) is 56.7 Å². The Hall–Kier alpha value is -3.48. The molecule has 2 aromatic carbocycles. The molecule has 0 spiro atoms. The molecular weight excluding hydrogens is 372 g/mol. The van der Waals surface area contributed by atoms with Gasteiger partial charge in [-0.3, -0.25) is 14.4 Å². The van der Waals surface area contributed by atoms with Gasteiger partial charge in [-0.15, -0.1) is 0 Å². The molecule has 0 radical (unpaired) electrons. The fourth-order valence-corrected chi connectivity index (χ4v) is 3.06. The van der Waals surface area contributed by atoms with Crippen LogP contribution >= 0.6 is 0 Å². The third-order valence-electron chi connectivity index (χ3n) is 4.82. The van der Waals surface area contributed by atoms with Gasteiger partial charge in [0.25, 0.3) is 5.91 Å². The smallest absolute Gasteiger partial charge is 0.328 e. The Morgan fingerprint density at radius 2 is 1.90 bits per heavy atom. The maximum absolute atomic E-state index is 12.4. The molecule has 29 heavy (non-hydrogen) atoms. The van der Waals surface area contributed by atoms with E-state index in [1.165, 1.54) is 6.92 Å². The number of benzene rings is 2. The summed E-state index contributed by atoms with van der Waals surface area (Å²) >= 11 is 0. The van der Waals surface area contributed by atoms with Crippen LogP contribution in [0, 0.1) is 6.92 Å². The topological polar surface area (TPSA) is 102 Å². The van der Waals surface area contributed by atoms with Crippen molar-refractivity contribution in [3.63, 3.8) is 0 Å². The van der Waals surface area contributed by atoms with E-state index < -0.39 is 24.5 Å². The molecular formula is C22H22N2O5. The maximum atomic E-state index is 12.4. The first-order chi connectivity index (χ1) is 13.8. The van der Waals surface area contributed by atoms with Crippen molar-refractivity contribution < 1.29 is 23.9 Å². The fourth-order valence-electron chi connectivity index (χ4n) is 3.06. The number of nitrogens with one attached hydrogen (secondary N) is 2. The summed E-state index contributed by atoms with van der Waals surface area (Å²) in [6.07, 6.45) is 0. The molecule has 0 saturated carbocycles. The lowest BCUT2D eigenvalue weighted by atomic mass is 9.99. The minimum Gasteiger partial charge on any atom is -0.456 e. The molecule has 2 aromatic rings. The van der Waals surface area contributed by atoms with E-state index in [1.807, 2.05) is 13.0 Å². The third-order valence-corrected chi connectivity index (χ3v) is 4.82. The van der Waals surface area contributed by atoms with Crippen molar-refractivity contribution in [2.75, 3.05) is 11.9 Å². The normalized spacial score (nSPS) is 15.8. The van der Waals surface area contributed by atoms with Crippen LogP contribution < -0.4 is 10.6 Å². The fraction of sp³-hybridized carbons (Fsp3) is 0.273. The summed E-state index contributed by atoms with van der Waals surface area (Å²) in [7, 11) is 0. The van der Waals surface area contributed by atoms with Crippen LogP contribution in [0.1, 0.15) is 51.6 Å². The lowest BCUT2D eigenvalue weighted by Gasteiger charge is -2.13. The van der Waals surface area contributed by atoms with Crippen LogP contribution in [-0.2, 0) is 14.3 Å². The molecule has 150 valence electrons. The van der Waals surface area contributed by atoms with Gasteiger partial charge >= 0.3 is 5.97 Å². The van der Waals surface area contributed by atoms with Crippen LogP contribution in [0.15, 0.2) is 42.5 Å². The van der Waals surface area contributed by atoms with Crippen molar-refractivity contribution in [2.45, 2.75) is 32.7 Å². The second-order valence-electron chi connectivity index (χ2n) is 7.11. The molecule has 2 N–H and O–H groups in total. The number of ether oxygens (including phenoxy) is 1. The average molecular weight is 394 g/mol. The zero-order valence-electron chi connectivity index (χ0n) is 16.4. The first-order valence-corrected chi connectivity index (χ1v) is 9.28. The molecule has 1 heterocycles. The number of Topliss-reactive ketones (excluding diaryl/α,β-unsaturated/α-hetero) is 1. The summed E-state index contributed by atoms with van der Waals surface area (Å²) in [5, 5.41) is 5.30. The highest BCUT2D eigenvalue weighted by Gasteiger charge is 2.27. The van der Waals surface area contributed by atoms with Crippen LogP contribution in [0.5, 0.6) is 0 Å². The minimum absolute atomic E-state index is 0.116. The van der Waals surface area contributed by atoms with Crippen molar-refractivity contribution >= 4 is 29.3 Å². The average Bonchev–Trinajstić information content (AvgIpc) is 2.99. The molecule has 7 heteroatoms. The van der Waals surface area contributed by atoms with Gasteiger partial charge in [-0.1, -0.05) is 17.7 Å². The molecule has 2 amide bonds. The number of ketones is 1. The van der Waals surface area contributed by atoms with Gasteiger partial charge in [-0.25, -0.2) is 4.79 Å². The van der Waals surface area contributed by atoms with Gasteiger partial charge in [0.2, 0.25) is 5.91 Å². The van der Waals surface area contributed by atoms with Gasteiger partial charge in [-0.2, -0.15) is 0 Å². The highest BCUT2D eigenvalue weighted by Crippen LogP contribution is 2.32. The van der Waals surface area contributed by atoms with E-state index >= 15 is 0 Å². The SMILES string of the molecule is Cc1cccc(C(=O)N[C@@H](C)C(=O)OCC(=O)c2ccc3c(c2)[C@@H](C)C(=O)N3)c1. The highest BCUT2D eigenvalue weighted by molar-refractivity contribution is 6.05. The zero-order chi connectivity index (χ0) is 21.1. The van der Waals surface area contributed by atoms with E-state index in [0.717, 1.165) is 11.1 Å². The second kappa shape index (κ2) is 8.26. The second-order valence-corrected chi connectivity index (χ2v) is 7.11. The van der Waals surface area contributed by atoms with Crippen LogP contribution in [-0.4, -0.2) is 36.2 Å². The van der Waals surface area contributed by atoms with Gasteiger partial charge in [0.1, 0.15) is 6.04 Å². The number of fused-ring (bicyclic) bond motifs is 1. The molecule has 0 saturated heterocycles. The Bertz CT molecular complexity index is 998. The maximum Gasteiger partial charge on any atom is 0.328 e. The van der Waals surface area contributed by atoms with E-state index in [1.54, 1.807) is 43.3 Å². The number of anilines is 1. The number of hydrogen-bond acceptors (Lipinski definition) is 5. The summed E-state index contributed by atoms with van der Waals surface area (Å²) in [5.41, 5.74) is 3.15. The molecule has 0 bridgehead atoms. The lowest BCUT2D eigenvalue weighted by Crippen LogP contribution is -2.40. The van der Waals surface area contributed by atoms with Crippen molar-refractivity contribution in [2.24, 2.45) is 0 Å². The molecule has 0 aromatic heterocycles. The molecule has 7 nitrogen and oxygen atoms in total. The molecule has 1 aliphatic rings. The molecule has 3 rings (SSSR count). The quantitative estimate of drug-likeness (QED) is 0.579. The van der Waals surface area contributed by atoms with Gasteiger partial charge in [0.15, 0.2) is 12.4 Å². The molecule has 2 atom stereocenters. The Morgan fingerprint density at radius 3 is 2.62 bits per heavy atom. The van der Waals surface area contributed by atoms with Crippen LogP contribution in [0.2, 0.25) is 0 Å². The highest BCUT2D eigenvalue weighted by atomic mass is 16.5. The molecule has 1 aliphatic heterocycles. The van der Waals surface area contributed by atoms with Crippen LogP contribution in [0.4, 0.5) is 5.69 Å². The Morgan fingerprint density at radius 1 is 1.14 bits per heavy atom. The van der Waals surface area contributed by atoms with E-state index in [9.17, 15) is 19.2 Å². The minimum atomic E-state index is -0.905. The Kier molecular flexibility index (Phi) is 5.77. The summed E-state index contributed by atoms with van der Waals surface area (Å²) in [5.74, 6) is -1.93. The van der Waals surface area contributed by atoms with Gasteiger partial charge in [0, 0.05) is 16.8 Å². The Balaban J connectivity index is 1.55. The van der Waals surface area contributed by atoms with Crippen molar-refractivity contribution in [1.82, 2.24) is 5.32 Å². The van der Waals surface area contributed by atoms with E-state index in [0.29, 0.717) is 16.8 Å². The van der Waals surface area contributed by atoms with E-state index in [2.05, 4.69) is 10.6 Å². The molecule has 0 unspecified atom stereocenters. The molecule has 0 aliphatic carbocycles. The van der Waals surface area contributed by atoms with Crippen molar-refractivity contribution in [3.8, 4) is 0 Å². The number of aryl methyl sites for hydroxylation is 1. The number of carbonyl (C=O) groups excluding carboxylic acids is 4. The summed E-state index contributed by atoms with van der Waals surface area (Å²) in [6, 6.07) is 11.0. The van der Waals surface area contributed by atoms with Gasteiger partial charge < -0.3 is 15.4 Å². The zero-order valence-corrected chi connectivity index (χ0v) is 16.4. The number of carbonyl (C=O) groups is 4. The number of amides is 2.